The summed E-state index contributed by atoms with van der Waals surface area (Å²) in [4.78, 5) is 13.7. The van der Waals surface area contributed by atoms with Gasteiger partial charge in [-0.2, -0.15) is 0 Å². The molecule has 0 aromatic heterocycles. The van der Waals surface area contributed by atoms with Crippen molar-refractivity contribution in [2.24, 2.45) is 17.4 Å². The lowest BCUT2D eigenvalue weighted by Crippen LogP contribution is -2.49. The van der Waals surface area contributed by atoms with Gasteiger partial charge in [0.2, 0.25) is 5.91 Å². The number of para-hydroxylation sites is 1. The van der Waals surface area contributed by atoms with E-state index in [0.29, 0.717) is 12.3 Å². The molecule has 0 aliphatic carbocycles. The Labute approximate surface area is 127 Å². The van der Waals surface area contributed by atoms with Gasteiger partial charge < -0.3 is 16.4 Å². The number of carbonyl (C=O) groups excluding carboxylic acids is 1. The van der Waals surface area contributed by atoms with Crippen LogP contribution in [0.4, 0.5) is 5.69 Å². The van der Waals surface area contributed by atoms with Gasteiger partial charge in [-0.1, -0.05) is 25.1 Å². The Bertz CT molecular complexity index is 499. The van der Waals surface area contributed by atoms with E-state index in [1.54, 1.807) is 6.92 Å². The maximum atomic E-state index is 11.2. The van der Waals surface area contributed by atoms with Gasteiger partial charge in [-0.05, 0) is 50.2 Å². The average Bonchev–Trinajstić information content (AvgIpc) is 2.43. The molecule has 2 unspecified atom stereocenters. The fourth-order valence-corrected chi connectivity index (χ4v) is 3.04. The molecule has 0 fully saturated rings. The minimum atomic E-state index is -0.882. The largest absolute Gasteiger partial charge is 0.371 e. The highest BCUT2D eigenvalue weighted by Crippen LogP contribution is 2.29. The molecule has 2 atom stereocenters. The first-order chi connectivity index (χ1) is 9.90. The molecule has 0 spiro atoms. The van der Waals surface area contributed by atoms with Gasteiger partial charge in [0.15, 0.2) is 0 Å². The second-order valence-corrected chi connectivity index (χ2v) is 6.62. The van der Waals surface area contributed by atoms with Crippen LogP contribution in [0.2, 0.25) is 0 Å². The Morgan fingerprint density at radius 3 is 2.81 bits per heavy atom. The van der Waals surface area contributed by atoms with Crippen molar-refractivity contribution in [3.8, 4) is 0 Å². The molecule has 0 saturated heterocycles. The molecule has 1 heterocycles. The normalized spacial score (nSPS) is 20.7. The zero-order valence-electron chi connectivity index (χ0n) is 13.1. The second kappa shape index (κ2) is 6.48. The van der Waals surface area contributed by atoms with Crippen molar-refractivity contribution in [3.63, 3.8) is 0 Å². The van der Waals surface area contributed by atoms with Gasteiger partial charge in [0.05, 0.1) is 5.54 Å². The van der Waals surface area contributed by atoms with E-state index in [2.05, 4.69) is 36.1 Å². The highest BCUT2D eigenvalue weighted by molar-refractivity contribution is 5.83. The summed E-state index contributed by atoms with van der Waals surface area (Å²) in [6, 6.07) is 8.65. The summed E-state index contributed by atoms with van der Waals surface area (Å²) in [6.07, 6.45) is 3.76. The van der Waals surface area contributed by atoms with E-state index >= 15 is 0 Å². The van der Waals surface area contributed by atoms with Crippen LogP contribution in [0.1, 0.15) is 38.7 Å². The summed E-state index contributed by atoms with van der Waals surface area (Å²) in [7, 11) is 0. The number of unbranched alkanes of at least 4 members (excludes halogenated alkanes) is 1. The number of nitrogens with two attached hydrogens (primary N) is 2. The Hall–Kier alpha value is -1.55. The van der Waals surface area contributed by atoms with Gasteiger partial charge in [-0.25, -0.2) is 0 Å². The van der Waals surface area contributed by atoms with Gasteiger partial charge in [-0.15, -0.1) is 0 Å². The van der Waals surface area contributed by atoms with Crippen LogP contribution in [-0.4, -0.2) is 24.5 Å². The van der Waals surface area contributed by atoms with Gasteiger partial charge in [0, 0.05) is 18.8 Å². The number of fused-ring (bicyclic) bond motifs is 1. The van der Waals surface area contributed by atoms with Crippen LogP contribution in [0, 0.1) is 5.92 Å². The van der Waals surface area contributed by atoms with E-state index in [9.17, 15) is 4.79 Å². The number of rotatable bonds is 6. The van der Waals surface area contributed by atoms with Crippen molar-refractivity contribution >= 4 is 11.6 Å². The van der Waals surface area contributed by atoms with E-state index in [-0.39, 0.29) is 0 Å². The van der Waals surface area contributed by atoms with Crippen LogP contribution >= 0.6 is 0 Å². The molecule has 4 heteroatoms. The number of hydrogen-bond donors (Lipinski definition) is 2. The zero-order chi connectivity index (χ0) is 15.5. The summed E-state index contributed by atoms with van der Waals surface area (Å²) in [6.45, 7) is 6.13. The number of nitrogens with zero attached hydrogens (tertiary/aromatic N) is 1. The standard InChI is InChI=1S/C17H27N3O/c1-13-11-14-7-3-4-8-15(14)20(12-13)10-6-5-9-17(2,19)16(18)21/h3-4,7-8,13H,5-6,9-12,19H2,1-2H3,(H2,18,21). The van der Waals surface area contributed by atoms with E-state index < -0.39 is 11.4 Å². The van der Waals surface area contributed by atoms with Crippen molar-refractivity contribution in [1.29, 1.82) is 0 Å². The first-order valence-corrected chi connectivity index (χ1v) is 7.82. The van der Waals surface area contributed by atoms with Crippen LogP contribution < -0.4 is 16.4 Å². The Morgan fingerprint density at radius 1 is 1.38 bits per heavy atom. The summed E-state index contributed by atoms with van der Waals surface area (Å²) >= 11 is 0. The molecule has 1 aliphatic heterocycles. The highest BCUT2D eigenvalue weighted by Gasteiger charge is 2.25. The number of amides is 1. The van der Waals surface area contributed by atoms with Crippen LogP contribution in [0.3, 0.4) is 0 Å². The molecule has 4 N–H and O–H groups in total. The van der Waals surface area contributed by atoms with E-state index in [1.807, 2.05) is 0 Å². The van der Waals surface area contributed by atoms with Gasteiger partial charge in [0.25, 0.3) is 0 Å². The lowest BCUT2D eigenvalue weighted by Gasteiger charge is -2.35. The van der Waals surface area contributed by atoms with E-state index in [4.69, 9.17) is 11.5 Å². The van der Waals surface area contributed by atoms with Crippen molar-refractivity contribution in [2.75, 3.05) is 18.0 Å². The Balaban J connectivity index is 1.88. The SMILES string of the molecule is CC1Cc2ccccc2N(CCCCC(C)(N)C(N)=O)C1. The quantitative estimate of drug-likeness (QED) is 0.787. The molecule has 1 aromatic rings. The number of benzene rings is 1. The summed E-state index contributed by atoms with van der Waals surface area (Å²) < 4.78 is 0. The van der Waals surface area contributed by atoms with Crippen LogP contribution in [0.5, 0.6) is 0 Å². The molecule has 2 rings (SSSR count). The maximum Gasteiger partial charge on any atom is 0.237 e. The molecule has 1 aromatic carbocycles. The fourth-order valence-electron chi connectivity index (χ4n) is 3.04. The molecule has 21 heavy (non-hydrogen) atoms. The number of hydrogen-bond acceptors (Lipinski definition) is 3. The smallest absolute Gasteiger partial charge is 0.237 e. The monoisotopic (exact) mass is 289 g/mol. The predicted octanol–water partition coefficient (Wildman–Crippen LogP) is 2.06. The second-order valence-electron chi connectivity index (χ2n) is 6.62. The van der Waals surface area contributed by atoms with Crippen LogP contribution in [0.15, 0.2) is 24.3 Å². The van der Waals surface area contributed by atoms with Crippen molar-refractivity contribution in [2.45, 2.75) is 45.1 Å². The van der Waals surface area contributed by atoms with Gasteiger partial charge in [-0.3, -0.25) is 4.79 Å². The minimum Gasteiger partial charge on any atom is -0.371 e. The molecule has 1 aliphatic rings. The molecule has 0 bridgehead atoms. The zero-order valence-corrected chi connectivity index (χ0v) is 13.1. The predicted molar refractivity (Wildman–Crippen MR) is 87.2 cm³/mol. The Morgan fingerprint density at radius 2 is 2.10 bits per heavy atom. The fraction of sp³-hybridized carbons (Fsp3) is 0.588. The molecule has 116 valence electrons. The molecular weight excluding hydrogens is 262 g/mol. The summed E-state index contributed by atoms with van der Waals surface area (Å²) in [5, 5.41) is 0. The molecule has 4 nitrogen and oxygen atoms in total. The molecule has 1 amide bonds. The summed E-state index contributed by atoms with van der Waals surface area (Å²) in [5.74, 6) is 0.268. The summed E-state index contributed by atoms with van der Waals surface area (Å²) in [5.41, 5.74) is 13.1. The third-order valence-corrected chi connectivity index (χ3v) is 4.37. The van der Waals surface area contributed by atoms with Crippen LogP contribution in [-0.2, 0) is 11.2 Å². The van der Waals surface area contributed by atoms with Crippen molar-refractivity contribution in [1.82, 2.24) is 0 Å². The number of anilines is 1. The topological polar surface area (TPSA) is 72.3 Å². The molecule has 0 saturated carbocycles. The van der Waals surface area contributed by atoms with Gasteiger partial charge >= 0.3 is 0 Å². The highest BCUT2D eigenvalue weighted by atomic mass is 16.1. The van der Waals surface area contributed by atoms with Crippen molar-refractivity contribution < 1.29 is 4.79 Å². The lowest BCUT2D eigenvalue weighted by molar-refractivity contribution is -0.122. The molecular formula is C17H27N3O. The number of carbonyl (C=O) groups is 1. The minimum absolute atomic E-state index is 0.417. The first-order valence-electron chi connectivity index (χ1n) is 7.82. The van der Waals surface area contributed by atoms with E-state index in [1.165, 1.54) is 11.3 Å². The lowest BCUT2D eigenvalue weighted by atomic mass is 9.93. The number of primary amides is 1. The third kappa shape index (κ3) is 3.97. The van der Waals surface area contributed by atoms with Crippen molar-refractivity contribution in [3.05, 3.63) is 29.8 Å². The van der Waals surface area contributed by atoms with Gasteiger partial charge in [0.1, 0.15) is 0 Å². The van der Waals surface area contributed by atoms with E-state index in [0.717, 1.165) is 32.4 Å². The molecule has 0 radical (unpaired) electrons. The average molecular weight is 289 g/mol. The first kappa shape index (κ1) is 15.8. The van der Waals surface area contributed by atoms with Crippen LogP contribution in [0.25, 0.3) is 0 Å². The Kier molecular flexibility index (Phi) is 4.88. The third-order valence-electron chi connectivity index (χ3n) is 4.37. The maximum absolute atomic E-state index is 11.2.